The number of rotatable bonds is 5. The molecule has 3 heterocycles. The molecule has 2 N–H and O–H groups in total. The number of carbonyl (C=O) groups is 1. The van der Waals surface area contributed by atoms with Gasteiger partial charge in [-0.25, -0.2) is 0 Å². The molecule has 3 aromatic carbocycles. The number of hydrogen-bond acceptors (Lipinski definition) is 8. The topological polar surface area (TPSA) is 113 Å². The first-order valence-corrected chi connectivity index (χ1v) is 12.8. The normalized spacial score (nSPS) is 16.0. The molecule has 2 aliphatic heterocycles. The van der Waals surface area contributed by atoms with Crippen LogP contribution in [0.3, 0.4) is 0 Å². The van der Waals surface area contributed by atoms with E-state index in [9.17, 15) is 19.8 Å². The number of fused-ring (bicyclic) bond motifs is 2. The van der Waals surface area contributed by atoms with Crippen LogP contribution in [0.15, 0.2) is 69.9 Å². The van der Waals surface area contributed by atoms with Gasteiger partial charge in [0.15, 0.2) is 16.9 Å². The Kier molecular flexibility index (Phi) is 6.36. The Bertz CT molecular complexity index is 1610. The number of hydrogen-bond donors (Lipinski definition) is 2. The van der Waals surface area contributed by atoms with Crippen LogP contribution >= 0.6 is 0 Å². The highest BCUT2D eigenvalue weighted by molar-refractivity contribution is 5.91. The van der Waals surface area contributed by atoms with Gasteiger partial charge in [-0.1, -0.05) is 36.4 Å². The molecule has 0 unspecified atom stereocenters. The lowest BCUT2D eigenvalue weighted by molar-refractivity contribution is -0.133. The third kappa shape index (κ3) is 4.66. The molecule has 39 heavy (non-hydrogen) atoms. The van der Waals surface area contributed by atoms with Gasteiger partial charge in [0.05, 0.1) is 0 Å². The molecule has 1 amide bonds. The number of ether oxygens (including phenoxy) is 2. The van der Waals surface area contributed by atoms with Crippen molar-refractivity contribution in [1.29, 1.82) is 0 Å². The molecule has 9 heteroatoms. The zero-order valence-electron chi connectivity index (χ0n) is 21.4. The number of aromatic hydroxyl groups is 2. The summed E-state index contributed by atoms with van der Waals surface area (Å²) in [4.78, 5) is 30.8. The van der Waals surface area contributed by atoms with Gasteiger partial charge >= 0.3 is 0 Å². The van der Waals surface area contributed by atoms with Crippen LogP contribution in [0.2, 0.25) is 0 Å². The second-order valence-electron chi connectivity index (χ2n) is 9.93. The van der Waals surface area contributed by atoms with Crippen LogP contribution in [0.4, 0.5) is 0 Å². The predicted molar refractivity (Wildman–Crippen MR) is 144 cm³/mol. The Morgan fingerprint density at radius 2 is 1.67 bits per heavy atom. The van der Waals surface area contributed by atoms with E-state index in [1.54, 1.807) is 24.3 Å². The number of phenols is 2. The smallest absolute Gasteiger partial charge is 0.231 e. The molecule has 1 atom stereocenters. The zero-order chi connectivity index (χ0) is 27.1. The third-order valence-electron chi connectivity index (χ3n) is 7.44. The summed E-state index contributed by atoms with van der Waals surface area (Å²) >= 11 is 0. The van der Waals surface area contributed by atoms with E-state index in [2.05, 4.69) is 4.90 Å². The highest BCUT2D eigenvalue weighted by Crippen LogP contribution is 2.45. The number of likely N-dealkylation sites (N-methyl/N-ethyl adjacent to an activating group) is 1. The summed E-state index contributed by atoms with van der Waals surface area (Å²) in [5.41, 5.74) is 1.17. The fourth-order valence-corrected chi connectivity index (χ4v) is 5.28. The van der Waals surface area contributed by atoms with Gasteiger partial charge in [-0.05, 0) is 24.7 Å². The van der Waals surface area contributed by atoms with E-state index in [1.807, 2.05) is 36.2 Å². The van der Waals surface area contributed by atoms with Crippen molar-refractivity contribution in [3.05, 3.63) is 82.0 Å². The Balaban J connectivity index is 1.53. The van der Waals surface area contributed by atoms with Gasteiger partial charge in [-0.15, -0.1) is 0 Å². The van der Waals surface area contributed by atoms with E-state index >= 15 is 0 Å². The molecule has 0 bridgehead atoms. The SMILES string of the molecule is CN1CCN(C(=O)C[C@@H](c2ccc3c(c2)OCO3)c2c(O)cc(O)c3c(=O)cc(-c4ccccc4)oc23)CC1. The molecule has 2 aliphatic rings. The van der Waals surface area contributed by atoms with Crippen LogP contribution in [-0.2, 0) is 4.79 Å². The fraction of sp³-hybridized carbons (Fsp3) is 0.267. The average Bonchev–Trinajstić information content (AvgIpc) is 3.41. The second kappa shape index (κ2) is 9.99. The van der Waals surface area contributed by atoms with Crippen molar-refractivity contribution in [2.75, 3.05) is 40.0 Å². The van der Waals surface area contributed by atoms with Gasteiger partial charge in [0.25, 0.3) is 0 Å². The summed E-state index contributed by atoms with van der Waals surface area (Å²) in [7, 11) is 2.02. The molecule has 4 aromatic rings. The predicted octanol–water partition coefficient (Wildman–Crippen LogP) is 3.90. The summed E-state index contributed by atoms with van der Waals surface area (Å²) in [5, 5.41) is 21.8. The molecule has 0 radical (unpaired) electrons. The Hall–Kier alpha value is -4.50. The van der Waals surface area contributed by atoms with Gasteiger partial charge < -0.3 is 33.9 Å². The average molecular weight is 529 g/mol. The highest BCUT2D eigenvalue weighted by atomic mass is 16.7. The largest absolute Gasteiger partial charge is 0.507 e. The van der Waals surface area contributed by atoms with Gasteiger partial charge in [0, 0.05) is 61.8 Å². The lowest BCUT2D eigenvalue weighted by Gasteiger charge is -2.33. The maximum absolute atomic E-state index is 13.6. The summed E-state index contributed by atoms with van der Waals surface area (Å²) in [5.74, 6) is -0.0677. The molecule has 0 aliphatic carbocycles. The summed E-state index contributed by atoms with van der Waals surface area (Å²) in [6.07, 6.45) is 0.00999. The van der Waals surface area contributed by atoms with Crippen LogP contribution in [0.1, 0.15) is 23.5 Å². The number of benzene rings is 3. The second-order valence-corrected chi connectivity index (χ2v) is 9.93. The van der Waals surface area contributed by atoms with Crippen LogP contribution in [0, 0.1) is 0 Å². The standard InChI is InChI=1S/C30H28N2O7/c1-31-9-11-32(12-10-31)27(36)14-20(19-7-8-24-26(13-19)38-17-37-24)28-21(33)15-22(34)29-23(35)16-25(39-30(28)29)18-5-3-2-4-6-18/h2-8,13,15-16,20,33-34H,9-12,14,17H2,1H3/t20-/m0/s1. The van der Waals surface area contributed by atoms with Crippen molar-refractivity contribution in [2.24, 2.45) is 0 Å². The molecular formula is C30H28N2O7. The van der Waals surface area contributed by atoms with Crippen LogP contribution in [-0.4, -0.2) is 65.9 Å². The van der Waals surface area contributed by atoms with Crippen LogP contribution < -0.4 is 14.9 Å². The molecule has 1 saturated heterocycles. The Morgan fingerprint density at radius 3 is 2.44 bits per heavy atom. The van der Waals surface area contributed by atoms with E-state index in [-0.39, 0.29) is 47.2 Å². The Labute approximate surface area is 224 Å². The van der Waals surface area contributed by atoms with Gasteiger partial charge in [0.1, 0.15) is 28.2 Å². The zero-order valence-corrected chi connectivity index (χ0v) is 21.4. The number of phenolic OH excluding ortho intramolecular Hbond substituents is 2. The van der Waals surface area contributed by atoms with Crippen molar-refractivity contribution in [3.8, 4) is 34.3 Å². The van der Waals surface area contributed by atoms with E-state index in [0.717, 1.165) is 19.2 Å². The van der Waals surface area contributed by atoms with Crippen molar-refractivity contribution in [3.63, 3.8) is 0 Å². The number of nitrogens with zero attached hydrogens (tertiary/aromatic N) is 2. The molecule has 0 spiro atoms. The van der Waals surface area contributed by atoms with E-state index in [1.165, 1.54) is 6.07 Å². The molecule has 6 rings (SSSR count). The van der Waals surface area contributed by atoms with E-state index in [0.29, 0.717) is 35.7 Å². The molecule has 0 saturated carbocycles. The molecule has 1 aromatic heterocycles. The first-order valence-electron chi connectivity index (χ1n) is 12.8. The first-order chi connectivity index (χ1) is 18.9. The summed E-state index contributed by atoms with van der Waals surface area (Å²) < 4.78 is 17.3. The van der Waals surface area contributed by atoms with Crippen molar-refractivity contribution < 1.29 is 28.9 Å². The highest BCUT2D eigenvalue weighted by Gasteiger charge is 2.31. The number of carbonyl (C=O) groups excluding carboxylic acids is 1. The molecule has 9 nitrogen and oxygen atoms in total. The maximum atomic E-state index is 13.6. The minimum atomic E-state index is -0.705. The first kappa shape index (κ1) is 24.8. The van der Waals surface area contributed by atoms with Crippen molar-refractivity contribution >= 4 is 16.9 Å². The molecular weight excluding hydrogens is 500 g/mol. The van der Waals surface area contributed by atoms with Crippen molar-refractivity contribution in [2.45, 2.75) is 12.3 Å². The Morgan fingerprint density at radius 1 is 0.923 bits per heavy atom. The maximum Gasteiger partial charge on any atom is 0.231 e. The number of piperazine rings is 1. The van der Waals surface area contributed by atoms with Gasteiger partial charge in [0.2, 0.25) is 12.7 Å². The van der Waals surface area contributed by atoms with Crippen LogP contribution in [0.25, 0.3) is 22.3 Å². The molecule has 200 valence electrons. The van der Waals surface area contributed by atoms with Crippen LogP contribution in [0.5, 0.6) is 23.0 Å². The minimum absolute atomic E-state index is 0.00999. The van der Waals surface area contributed by atoms with E-state index < -0.39 is 17.1 Å². The fourth-order valence-electron chi connectivity index (χ4n) is 5.28. The third-order valence-corrected chi connectivity index (χ3v) is 7.44. The van der Waals surface area contributed by atoms with Crippen molar-refractivity contribution in [1.82, 2.24) is 9.80 Å². The van der Waals surface area contributed by atoms with Gasteiger partial charge in [-0.3, -0.25) is 9.59 Å². The lowest BCUT2D eigenvalue weighted by atomic mass is 9.85. The van der Waals surface area contributed by atoms with E-state index in [4.69, 9.17) is 13.9 Å². The molecule has 1 fully saturated rings. The quantitative estimate of drug-likeness (QED) is 0.401. The number of amides is 1. The summed E-state index contributed by atoms with van der Waals surface area (Å²) in [6, 6.07) is 16.9. The monoisotopic (exact) mass is 528 g/mol. The summed E-state index contributed by atoms with van der Waals surface area (Å²) in [6.45, 7) is 2.82. The minimum Gasteiger partial charge on any atom is -0.507 e. The lowest BCUT2D eigenvalue weighted by Crippen LogP contribution is -2.47. The van der Waals surface area contributed by atoms with Gasteiger partial charge in [-0.2, -0.15) is 0 Å².